The van der Waals surface area contributed by atoms with Crippen LogP contribution in [-0.4, -0.2) is 20.3 Å². The molecule has 0 saturated heterocycles. The zero-order chi connectivity index (χ0) is 17.4. The molecule has 0 atom stereocenters. The van der Waals surface area contributed by atoms with Gasteiger partial charge in [-0.2, -0.15) is 0 Å². The summed E-state index contributed by atoms with van der Waals surface area (Å²) in [5.74, 6) is 0.584. The average molecular weight is 338 g/mol. The molecule has 0 aliphatic rings. The molecule has 0 bridgehead atoms. The van der Waals surface area contributed by atoms with E-state index >= 15 is 0 Å². The van der Waals surface area contributed by atoms with E-state index in [1.54, 1.807) is 24.4 Å². The number of benzene rings is 1. The normalized spacial score (nSPS) is 11.5. The molecule has 0 amide bonds. The predicted molar refractivity (Wildman–Crippen MR) is 88.4 cm³/mol. The quantitative estimate of drug-likeness (QED) is 0.557. The Labute approximate surface area is 142 Å². The number of halogens is 1. The van der Waals surface area contributed by atoms with E-state index in [9.17, 15) is 4.39 Å². The van der Waals surface area contributed by atoms with Crippen molar-refractivity contribution in [2.45, 2.75) is 26.2 Å². The maximum atomic E-state index is 13.7. The molecule has 1 aromatic carbocycles. The Morgan fingerprint density at radius 3 is 2.80 bits per heavy atom. The van der Waals surface area contributed by atoms with Crippen LogP contribution in [0, 0.1) is 5.82 Å². The molecule has 0 fully saturated rings. The first-order chi connectivity index (χ1) is 12.1. The monoisotopic (exact) mass is 338 g/mol. The van der Waals surface area contributed by atoms with Gasteiger partial charge in [0.2, 0.25) is 11.8 Å². The fourth-order valence-corrected chi connectivity index (χ4v) is 2.63. The van der Waals surface area contributed by atoms with Crippen molar-refractivity contribution < 1.29 is 13.3 Å². The van der Waals surface area contributed by atoms with E-state index in [0.717, 1.165) is 11.1 Å². The van der Waals surface area contributed by atoms with Crippen molar-refractivity contribution in [3.05, 3.63) is 59.5 Å². The smallest absolute Gasteiger partial charge is 0.257 e. The number of fused-ring (bicyclic) bond motifs is 1. The summed E-state index contributed by atoms with van der Waals surface area (Å²) in [6.07, 6.45) is 1.83. The first-order valence-corrected chi connectivity index (χ1v) is 7.93. The van der Waals surface area contributed by atoms with E-state index in [-0.39, 0.29) is 18.2 Å². The average Bonchev–Trinajstić information content (AvgIpc) is 3.23. The molecule has 25 heavy (non-hydrogen) atoms. The Hall–Kier alpha value is -3.09. The van der Waals surface area contributed by atoms with Gasteiger partial charge in [0.1, 0.15) is 5.82 Å². The van der Waals surface area contributed by atoms with Gasteiger partial charge in [-0.25, -0.2) is 9.37 Å². The van der Waals surface area contributed by atoms with Crippen LogP contribution in [0.2, 0.25) is 0 Å². The standard InChI is InChI=1S/C18H15FN4O2/c1-10(2)16-13-7-12(9-20-18(13)25-23-16)17-22-21-15(24-17)8-11-5-3-4-6-14(11)19/h3-7,9-10H,8H2,1-2H3. The van der Waals surface area contributed by atoms with Crippen LogP contribution in [0.4, 0.5) is 4.39 Å². The number of hydrogen-bond acceptors (Lipinski definition) is 6. The van der Waals surface area contributed by atoms with Gasteiger partial charge in [-0.05, 0) is 23.6 Å². The topological polar surface area (TPSA) is 77.8 Å². The molecule has 0 radical (unpaired) electrons. The molecule has 3 aromatic heterocycles. The van der Waals surface area contributed by atoms with Gasteiger partial charge < -0.3 is 8.94 Å². The summed E-state index contributed by atoms with van der Waals surface area (Å²) in [6.45, 7) is 4.06. The van der Waals surface area contributed by atoms with Gasteiger partial charge in [-0.1, -0.05) is 37.2 Å². The number of aromatic nitrogens is 4. The van der Waals surface area contributed by atoms with Crippen molar-refractivity contribution in [1.82, 2.24) is 20.3 Å². The fourth-order valence-electron chi connectivity index (χ4n) is 2.63. The second-order valence-corrected chi connectivity index (χ2v) is 6.07. The summed E-state index contributed by atoms with van der Waals surface area (Å²) in [6, 6.07) is 8.38. The summed E-state index contributed by atoms with van der Waals surface area (Å²) < 4.78 is 24.7. The zero-order valence-corrected chi connectivity index (χ0v) is 13.7. The van der Waals surface area contributed by atoms with Crippen LogP contribution in [0.15, 0.2) is 45.5 Å². The molecular weight excluding hydrogens is 323 g/mol. The Bertz CT molecular complexity index is 1040. The maximum Gasteiger partial charge on any atom is 0.257 e. The van der Waals surface area contributed by atoms with Crippen molar-refractivity contribution in [2.24, 2.45) is 0 Å². The Morgan fingerprint density at radius 1 is 1.16 bits per heavy atom. The highest BCUT2D eigenvalue weighted by atomic mass is 19.1. The van der Waals surface area contributed by atoms with Gasteiger partial charge in [0.25, 0.3) is 5.71 Å². The third kappa shape index (κ3) is 2.88. The van der Waals surface area contributed by atoms with Crippen molar-refractivity contribution in [3.8, 4) is 11.5 Å². The molecule has 6 nitrogen and oxygen atoms in total. The number of nitrogens with zero attached hydrogens (tertiary/aromatic N) is 4. The molecule has 0 aliphatic carbocycles. The second-order valence-electron chi connectivity index (χ2n) is 6.07. The maximum absolute atomic E-state index is 13.7. The Balaban J connectivity index is 1.67. The lowest BCUT2D eigenvalue weighted by atomic mass is 10.1. The van der Waals surface area contributed by atoms with E-state index in [2.05, 4.69) is 20.3 Å². The molecule has 126 valence electrons. The third-order valence-corrected chi connectivity index (χ3v) is 3.92. The first-order valence-electron chi connectivity index (χ1n) is 7.93. The summed E-state index contributed by atoms with van der Waals surface area (Å²) in [7, 11) is 0. The minimum absolute atomic E-state index is 0.206. The highest BCUT2D eigenvalue weighted by molar-refractivity contribution is 5.80. The minimum atomic E-state index is -0.295. The molecule has 4 aromatic rings. The summed E-state index contributed by atoms with van der Waals surface area (Å²) in [5.41, 5.74) is 2.48. The minimum Gasteiger partial charge on any atom is -0.420 e. The largest absolute Gasteiger partial charge is 0.420 e. The van der Waals surface area contributed by atoms with Crippen LogP contribution in [0.3, 0.4) is 0 Å². The molecule has 0 saturated carbocycles. The van der Waals surface area contributed by atoms with Gasteiger partial charge in [0.05, 0.1) is 23.1 Å². The molecular formula is C18H15FN4O2. The van der Waals surface area contributed by atoms with Gasteiger partial charge in [0, 0.05) is 6.20 Å². The second kappa shape index (κ2) is 6.08. The van der Waals surface area contributed by atoms with Crippen molar-refractivity contribution in [3.63, 3.8) is 0 Å². The van der Waals surface area contributed by atoms with Crippen LogP contribution in [0.1, 0.15) is 36.9 Å². The molecule has 3 heterocycles. The molecule has 0 N–H and O–H groups in total. The molecule has 0 spiro atoms. The number of rotatable bonds is 4. The van der Waals surface area contributed by atoms with Gasteiger partial charge in [-0.15, -0.1) is 10.2 Å². The lowest BCUT2D eigenvalue weighted by molar-refractivity contribution is 0.434. The van der Waals surface area contributed by atoms with Gasteiger partial charge in [0.15, 0.2) is 0 Å². The van der Waals surface area contributed by atoms with E-state index < -0.39 is 0 Å². The lowest BCUT2D eigenvalue weighted by Crippen LogP contribution is -1.92. The summed E-state index contributed by atoms with van der Waals surface area (Å²) in [5, 5.41) is 12.9. The van der Waals surface area contributed by atoms with Gasteiger partial charge >= 0.3 is 0 Å². The van der Waals surface area contributed by atoms with Crippen molar-refractivity contribution >= 4 is 11.1 Å². The molecule has 7 heteroatoms. The molecule has 0 aliphatic heterocycles. The number of hydrogen-bond donors (Lipinski definition) is 0. The van der Waals surface area contributed by atoms with Crippen molar-refractivity contribution in [1.29, 1.82) is 0 Å². The fraction of sp³-hybridized carbons (Fsp3) is 0.222. The van der Waals surface area contributed by atoms with Crippen LogP contribution in [0.5, 0.6) is 0 Å². The lowest BCUT2D eigenvalue weighted by Gasteiger charge is -1.99. The Morgan fingerprint density at radius 2 is 2.00 bits per heavy atom. The predicted octanol–water partition coefficient (Wildman–Crippen LogP) is 4.13. The zero-order valence-electron chi connectivity index (χ0n) is 13.7. The van der Waals surface area contributed by atoms with E-state index in [0.29, 0.717) is 28.6 Å². The highest BCUT2D eigenvalue weighted by Crippen LogP contribution is 2.28. The first kappa shape index (κ1) is 15.4. The van der Waals surface area contributed by atoms with E-state index in [1.165, 1.54) is 6.07 Å². The molecule has 0 unspecified atom stereocenters. The van der Waals surface area contributed by atoms with E-state index in [1.807, 2.05) is 19.9 Å². The van der Waals surface area contributed by atoms with Gasteiger partial charge in [-0.3, -0.25) is 0 Å². The summed E-state index contributed by atoms with van der Waals surface area (Å²) >= 11 is 0. The van der Waals surface area contributed by atoms with Crippen LogP contribution >= 0.6 is 0 Å². The summed E-state index contributed by atoms with van der Waals surface area (Å²) in [4.78, 5) is 4.25. The van der Waals surface area contributed by atoms with Crippen LogP contribution in [-0.2, 0) is 6.42 Å². The van der Waals surface area contributed by atoms with E-state index in [4.69, 9.17) is 8.94 Å². The van der Waals surface area contributed by atoms with Crippen LogP contribution in [0.25, 0.3) is 22.6 Å². The number of pyridine rings is 1. The highest BCUT2D eigenvalue weighted by Gasteiger charge is 2.16. The van der Waals surface area contributed by atoms with Crippen molar-refractivity contribution in [2.75, 3.05) is 0 Å². The van der Waals surface area contributed by atoms with Crippen LogP contribution < -0.4 is 0 Å². The third-order valence-electron chi connectivity index (χ3n) is 3.92. The SMILES string of the molecule is CC(C)c1noc2ncc(-c3nnc(Cc4ccccc4F)o3)cc12. The molecule has 4 rings (SSSR count). The Kier molecular flexibility index (Phi) is 3.76.